The summed E-state index contributed by atoms with van der Waals surface area (Å²) in [5.74, 6) is 0.742. The summed E-state index contributed by atoms with van der Waals surface area (Å²) in [5, 5.41) is 11.7. The van der Waals surface area contributed by atoms with Gasteiger partial charge in [0.15, 0.2) is 11.7 Å². The summed E-state index contributed by atoms with van der Waals surface area (Å²) < 4.78 is 2.60. The van der Waals surface area contributed by atoms with Crippen LogP contribution >= 0.6 is 15.9 Å². The average Bonchev–Trinajstić information content (AvgIpc) is 2.77. The van der Waals surface area contributed by atoms with Crippen LogP contribution in [0.3, 0.4) is 0 Å². The first-order chi connectivity index (χ1) is 8.13. The molecule has 0 fully saturated rings. The van der Waals surface area contributed by atoms with Crippen LogP contribution in [-0.4, -0.2) is 20.6 Å². The predicted molar refractivity (Wildman–Crippen MR) is 68.5 cm³/mol. The fraction of sp³-hybridized carbons (Fsp3) is 0.0909. The second-order valence-corrected chi connectivity index (χ2v) is 4.42. The quantitative estimate of drug-likeness (QED) is 0.385. The SMILES string of the molecule is Cc1cnc(-n2cccc2/C(N)=N/O)c(Br)c1. The van der Waals surface area contributed by atoms with Crippen molar-refractivity contribution in [1.82, 2.24) is 9.55 Å². The van der Waals surface area contributed by atoms with E-state index in [4.69, 9.17) is 10.9 Å². The smallest absolute Gasteiger partial charge is 0.187 e. The number of halogens is 1. The van der Waals surface area contributed by atoms with Crippen molar-refractivity contribution in [2.75, 3.05) is 0 Å². The van der Waals surface area contributed by atoms with Crippen LogP contribution < -0.4 is 5.73 Å². The van der Waals surface area contributed by atoms with Crippen molar-refractivity contribution in [3.8, 4) is 5.82 Å². The third-order valence-corrected chi connectivity index (χ3v) is 2.89. The molecule has 6 heteroatoms. The normalized spacial score (nSPS) is 11.8. The Balaban J connectivity index is 2.58. The van der Waals surface area contributed by atoms with Crippen molar-refractivity contribution >= 4 is 21.8 Å². The lowest BCUT2D eigenvalue weighted by Gasteiger charge is -2.09. The molecule has 0 aliphatic carbocycles. The Labute approximate surface area is 107 Å². The molecule has 0 unspecified atom stereocenters. The fourth-order valence-corrected chi connectivity index (χ4v) is 2.18. The molecule has 2 heterocycles. The summed E-state index contributed by atoms with van der Waals surface area (Å²) in [6.45, 7) is 1.96. The number of oxime groups is 1. The van der Waals surface area contributed by atoms with Gasteiger partial charge in [-0.1, -0.05) is 5.16 Å². The Morgan fingerprint density at radius 3 is 3.00 bits per heavy atom. The van der Waals surface area contributed by atoms with Gasteiger partial charge >= 0.3 is 0 Å². The summed E-state index contributed by atoms with van der Waals surface area (Å²) >= 11 is 3.45. The number of nitrogens with two attached hydrogens (primary N) is 1. The van der Waals surface area contributed by atoms with Gasteiger partial charge in [0.1, 0.15) is 0 Å². The van der Waals surface area contributed by atoms with Crippen LogP contribution in [-0.2, 0) is 0 Å². The van der Waals surface area contributed by atoms with E-state index in [2.05, 4.69) is 26.1 Å². The average molecular weight is 295 g/mol. The summed E-state index contributed by atoms with van der Waals surface area (Å²) in [6, 6.07) is 5.52. The molecular formula is C11H11BrN4O. The lowest BCUT2D eigenvalue weighted by molar-refractivity contribution is 0.318. The fourth-order valence-electron chi connectivity index (χ4n) is 1.53. The van der Waals surface area contributed by atoms with E-state index in [0.717, 1.165) is 10.0 Å². The van der Waals surface area contributed by atoms with Gasteiger partial charge in [-0.3, -0.25) is 4.57 Å². The lowest BCUT2D eigenvalue weighted by atomic mass is 10.3. The minimum atomic E-state index is 0.0456. The second-order valence-electron chi connectivity index (χ2n) is 3.57. The van der Waals surface area contributed by atoms with E-state index < -0.39 is 0 Å². The highest BCUT2D eigenvalue weighted by Crippen LogP contribution is 2.21. The summed E-state index contributed by atoms with van der Waals surface area (Å²) in [6.07, 6.45) is 3.56. The monoisotopic (exact) mass is 294 g/mol. The number of amidine groups is 1. The standard InChI is InChI=1S/C11H11BrN4O/c1-7-5-8(12)11(14-6-7)16-4-2-3-9(16)10(13)15-17/h2-6,17H,1H3,(H2,13,15). The van der Waals surface area contributed by atoms with Crippen LogP contribution in [0, 0.1) is 6.92 Å². The summed E-state index contributed by atoms with van der Waals surface area (Å²) in [4.78, 5) is 4.32. The number of aryl methyl sites for hydroxylation is 1. The van der Waals surface area contributed by atoms with Crippen LogP contribution in [0.5, 0.6) is 0 Å². The molecule has 0 atom stereocenters. The highest BCUT2D eigenvalue weighted by Gasteiger charge is 2.11. The summed E-state index contributed by atoms with van der Waals surface area (Å²) in [5.41, 5.74) is 7.23. The van der Waals surface area contributed by atoms with Crippen molar-refractivity contribution in [2.24, 2.45) is 10.9 Å². The number of aromatic nitrogens is 2. The third kappa shape index (κ3) is 2.16. The molecule has 0 spiro atoms. The number of rotatable bonds is 2. The molecule has 0 saturated carbocycles. The highest BCUT2D eigenvalue weighted by atomic mass is 79.9. The predicted octanol–water partition coefficient (Wildman–Crippen LogP) is 2.04. The highest BCUT2D eigenvalue weighted by molar-refractivity contribution is 9.10. The molecule has 88 valence electrons. The van der Waals surface area contributed by atoms with Gasteiger partial charge in [0.25, 0.3) is 0 Å². The largest absolute Gasteiger partial charge is 0.409 e. The van der Waals surface area contributed by atoms with Crippen LogP contribution in [0.2, 0.25) is 0 Å². The summed E-state index contributed by atoms with van der Waals surface area (Å²) in [7, 11) is 0. The molecule has 0 saturated heterocycles. The first kappa shape index (κ1) is 11.7. The van der Waals surface area contributed by atoms with Crippen molar-refractivity contribution in [1.29, 1.82) is 0 Å². The maximum atomic E-state index is 8.71. The molecule has 5 nitrogen and oxygen atoms in total. The van der Waals surface area contributed by atoms with Gasteiger partial charge in [0, 0.05) is 12.4 Å². The maximum Gasteiger partial charge on any atom is 0.187 e. The molecule has 0 radical (unpaired) electrons. The van der Waals surface area contributed by atoms with Crippen molar-refractivity contribution < 1.29 is 5.21 Å². The van der Waals surface area contributed by atoms with Gasteiger partial charge in [0.2, 0.25) is 0 Å². The number of nitrogens with zero attached hydrogens (tertiary/aromatic N) is 3. The van der Waals surface area contributed by atoms with Gasteiger partial charge in [-0.25, -0.2) is 4.98 Å². The molecule has 0 amide bonds. The molecule has 2 rings (SSSR count). The van der Waals surface area contributed by atoms with Crippen molar-refractivity contribution in [3.63, 3.8) is 0 Å². The van der Waals surface area contributed by atoms with Gasteiger partial charge in [-0.2, -0.15) is 0 Å². The minimum absolute atomic E-state index is 0.0456. The first-order valence-corrected chi connectivity index (χ1v) is 5.70. The Kier molecular flexibility index (Phi) is 3.14. The zero-order valence-electron chi connectivity index (χ0n) is 9.13. The van der Waals surface area contributed by atoms with E-state index in [1.54, 1.807) is 29.1 Å². The number of hydrogen-bond acceptors (Lipinski definition) is 3. The molecule has 0 aliphatic rings. The van der Waals surface area contributed by atoms with Gasteiger partial charge in [-0.05, 0) is 46.6 Å². The molecule has 2 aromatic heterocycles. The van der Waals surface area contributed by atoms with Crippen molar-refractivity contribution in [3.05, 3.63) is 46.3 Å². The first-order valence-electron chi connectivity index (χ1n) is 4.91. The van der Waals surface area contributed by atoms with E-state index in [9.17, 15) is 0 Å². The van der Waals surface area contributed by atoms with Crippen LogP contribution in [0.4, 0.5) is 0 Å². The Morgan fingerprint density at radius 2 is 2.35 bits per heavy atom. The van der Waals surface area contributed by atoms with E-state index >= 15 is 0 Å². The Bertz CT molecular complexity index is 577. The number of hydrogen-bond donors (Lipinski definition) is 2. The second kappa shape index (κ2) is 4.58. The molecule has 3 N–H and O–H groups in total. The number of pyridine rings is 1. The maximum absolute atomic E-state index is 8.71. The van der Waals surface area contributed by atoms with E-state index in [0.29, 0.717) is 11.5 Å². The lowest BCUT2D eigenvalue weighted by Crippen LogP contribution is -2.18. The van der Waals surface area contributed by atoms with E-state index in [-0.39, 0.29) is 5.84 Å². The van der Waals surface area contributed by atoms with Gasteiger partial charge in [-0.15, -0.1) is 0 Å². The molecule has 0 bridgehead atoms. The molecule has 0 aliphatic heterocycles. The van der Waals surface area contributed by atoms with Gasteiger partial charge in [0.05, 0.1) is 10.2 Å². The zero-order valence-corrected chi connectivity index (χ0v) is 10.7. The van der Waals surface area contributed by atoms with Gasteiger partial charge < -0.3 is 10.9 Å². The Morgan fingerprint density at radius 1 is 1.59 bits per heavy atom. The van der Waals surface area contributed by atoms with Crippen LogP contribution in [0.25, 0.3) is 5.82 Å². The van der Waals surface area contributed by atoms with Crippen LogP contribution in [0.1, 0.15) is 11.3 Å². The minimum Gasteiger partial charge on any atom is -0.409 e. The van der Waals surface area contributed by atoms with Crippen LogP contribution in [0.15, 0.2) is 40.2 Å². The molecular weight excluding hydrogens is 284 g/mol. The zero-order chi connectivity index (χ0) is 12.4. The molecule has 0 aromatic carbocycles. The van der Waals surface area contributed by atoms with Crippen molar-refractivity contribution in [2.45, 2.75) is 6.92 Å². The topological polar surface area (TPSA) is 76.4 Å². The Hall–Kier alpha value is -1.82. The van der Waals surface area contributed by atoms with E-state index in [1.807, 2.05) is 13.0 Å². The molecule has 17 heavy (non-hydrogen) atoms. The third-order valence-electron chi connectivity index (χ3n) is 2.31. The molecule has 2 aromatic rings. The van der Waals surface area contributed by atoms with E-state index in [1.165, 1.54) is 0 Å².